The summed E-state index contributed by atoms with van der Waals surface area (Å²) < 4.78 is 34.0. The third-order valence-electron chi connectivity index (χ3n) is 11.2. The second kappa shape index (κ2) is 16.2. The van der Waals surface area contributed by atoms with Crippen molar-refractivity contribution in [3.05, 3.63) is 150 Å². The minimum atomic E-state index is -2.48. The molecule has 1 amide bonds. The standard InChI is InChI=1S/C45H50N4O7Si/c1-44(2,3)57(6,7)56-39-38(50)37(55-43(39)49-27-26-36-40(46-29-47-41(36)49)48-42(51)30-14-10-8-11-15-30)28-54-45(31-16-12-9-13-17-31,32-18-22-34(52-4)23-19-32)33-20-24-35(53-5)25-21-33/h8-27,29,37-39,43,50H,28H2,1-7H3,(H,46,47,48,51)/t37-,38?,39+,43-/m1/s1. The number of nitrogens with one attached hydrogen (secondary N) is 1. The van der Waals surface area contributed by atoms with Crippen LogP contribution in [0.1, 0.15) is 54.0 Å². The maximum atomic E-state index is 13.2. The summed E-state index contributed by atoms with van der Waals surface area (Å²) in [4.78, 5) is 22.2. The molecule has 4 aromatic carbocycles. The monoisotopic (exact) mass is 786 g/mol. The molecule has 11 nitrogen and oxygen atoms in total. The van der Waals surface area contributed by atoms with Crippen LogP contribution in [0, 0.1) is 0 Å². The van der Waals surface area contributed by atoms with Crippen molar-refractivity contribution in [1.82, 2.24) is 14.5 Å². The molecule has 0 saturated carbocycles. The number of hydrogen-bond acceptors (Lipinski definition) is 9. The van der Waals surface area contributed by atoms with Crippen molar-refractivity contribution in [2.24, 2.45) is 0 Å². The van der Waals surface area contributed by atoms with Crippen LogP contribution in [0.4, 0.5) is 5.82 Å². The van der Waals surface area contributed by atoms with Crippen LogP contribution in [0.5, 0.6) is 11.5 Å². The molecule has 2 N–H and O–H groups in total. The zero-order valence-electron chi connectivity index (χ0n) is 33.4. The highest BCUT2D eigenvalue weighted by molar-refractivity contribution is 6.74. The molecule has 57 heavy (non-hydrogen) atoms. The van der Waals surface area contributed by atoms with Gasteiger partial charge in [-0.1, -0.05) is 93.6 Å². The number of aromatic nitrogens is 3. The van der Waals surface area contributed by atoms with Crippen LogP contribution in [0.3, 0.4) is 0 Å². The van der Waals surface area contributed by atoms with Crippen molar-refractivity contribution in [3.63, 3.8) is 0 Å². The van der Waals surface area contributed by atoms with Crippen LogP contribution in [0.2, 0.25) is 18.1 Å². The van der Waals surface area contributed by atoms with Crippen LogP contribution < -0.4 is 14.8 Å². The van der Waals surface area contributed by atoms with E-state index in [9.17, 15) is 9.90 Å². The van der Waals surface area contributed by atoms with Gasteiger partial charge in [0.1, 0.15) is 53.2 Å². The van der Waals surface area contributed by atoms with Crippen LogP contribution in [0.25, 0.3) is 11.0 Å². The first kappa shape index (κ1) is 39.8. The Bertz CT molecular complexity index is 2230. The van der Waals surface area contributed by atoms with E-state index >= 15 is 0 Å². The fourth-order valence-electron chi connectivity index (χ4n) is 7.05. The number of hydrogen-bond donors (Lipinski definition) is 2. The molecule has 1 aliphatic rings. The number of fused-ring (bicyclic) bond motifs is 1. The van der Waals surface area contributed by atoms with Crippen molar-refractivity contribution >= 4 is 31.1 Å². The highest BCUT2D eigenvalue weighted by Gasteiger charge is 2.52. The predicted octanol–water partition coefficient (Wildman–Crippen LogP) is 8.36. The minimum Gasteiger partial charge on any atom is -0.497 e. The van der Waals surface area contributed by atoms with Crippen molar-refractivity contribution < 1.29 is 33.3 Å². The number of anilines is 1. The molecule has 0 spiro atoms. The molecule has 1 unspecified atom stereocenters. The van der Waals surface area contributed by atoms with Crippen molar-refractivity contribution in [2.45, 2.75) is 69.0 Å². The second-order valence-corrected chi connectivity index (χ2v) is 20.5. The Morgan fingerprint density at radius 3 is 1.93 bits per heavy atom. The summed E-state index contributed by atoms with van der Waals surface area (Å²) in [6.07, 6.45) is -0.223. The maximum Gasteiger partial charge on any atom is 0.256 e. The average molecular weight is 787 g/mol. The summed E-state index contributed by atoms with van der Waals surface area (Å²) in [7, 11) is 0.798. The molecule has 0 radical (unpaired) electrons. The smallest absolute Gasteiger partial charge is 0.256 e. The molecule has 6 aromatic rings. The molecular weight excluding hydrogens is 737 g/mol. The number of aliphatic hydroxyl groups is 1. The summed E-state index contributed by atoms with van der Waals surface area (Å²) in [6, 6.07) is 36.4. The molecule has 0 bridgehead atoms. The summed E-state index contributed by atoms with van der Waals surface area (Å²) in [5.41, 5.74) is 2.50. The van der Waals surface area contributed by atoms with Gasteiger partial charge in [0.15, 0.2) is 14.5 Å². The first-order chi connectivity index (χ1) is 27.4. The number of carbonyl (C=O) groups is 1. The molecule has 1 saturated heterocycles. The van der Waals surface area contributed by atoms with E-state index in [4.69, 9.17) is 23.4 Å². The van der Waals surface area contributed by atoms with Gasteiger partial charge in [0.25, 0.3) is 5.91 Å². The molecule has 7 rings (SSSR count). The van der Waals surface area contributed by atoms with E-state index in [1.165, 1.54) is 6.33 Å². The lowest BCUT2D eigenvalue weighted by atomic mass is 9.80. The zero-order valence-corrected chi connectivity index (χ0v) is 34.4. The fraction of sp³-hybridized carbons (Fsp3) is 0.311. The lowest BCUT2D eigenvalue weighted by molar-refractivity contribution is -0.0939. The lowest BCUT2D eigenvalue weighted by Crippen LogP contribution is -2.49. The Morgan fingerprint density at radius 1 is 0.807 bits per heavy atom. The summed E-state index contributed by atoms with van der Waals surface area (Å²) in [5, 5.41) is 15.7. The number of rotatable bonds is 13. The Kier molecular flexibility index (Phi) is 11.4. The predicted molar refractivity (Wildman–Crippen MR) is 222 cm³/mol. The Labute approximate surface area is 334 Å². The molecule has 3 heterocycles. The van der Waals surface area contributed by atoms with E-state index in [2.05, 4.69) is 49.1 Å². The number of aliphatic hydroxyl groups excluding tert-OH is 1. The highest BCUT2D eigenvalue weighted by atomic mass is 28.4. The third-order valence-corrected chi connectivity index (χ3v) is 15.7. The van der Waals surface area contributed by atoms with Gasteiger partial charge in [-0.15, -0.1) is 0 Å². The number of benzene rings is 4. The van der Waals surface area contributed by atoms with Gasteiger partial charge in [0.2, 0.25) is 0 Å². The lowest BCUT2D eigenvalue weighted by Gasteiger charge is -2.40. The second-order valence-electron chi connectivity index (χ2n) is 15.7. The highest BCUT2D eigenvalue weighted by Crippen LogP contribution is 2.45. The zero-order chi connectivity index (χ0) is 40.4. The summed E-state index contributed by atoms with van der Waals surface area (Å²) in [6.45, 7) is 10.8. The first-order valence-corrected chi connectivity index (χ1v) is 21.9. The number of nitrogens with zero attached hydrogens (tertiary/aromatic N) is 3. The Morgan fingerprint density at radius 2 is 1.37 bits per heavy atom. The number of ether oxygens (including phenoxy) is 4. The normalized spacial score (nSPS) is 18.7. The Hall–Kier alpha value is -5.37. The van der Waals surface area contributed by atoms with E-state index in [0.29, 0.717) is 33.9 Å². The first-order valence-electron chi connectivity index (χ1n) is 19.0. The molecule has 2 aromatic heterocycles. The van der Waals surface area contributed by atoms with E-state index in [0.717, 1.165) is 16.7 Å². The molecule has 4 atom stereocenters. The van der Waals surface area contributed by atoms with E-state index in [-0.39, 0.29) is 17.6 Å². The molecule has 1 aliphatic heterocycles. The quantitative estimate of drug-likeness (QED) is 0.0878. The van der Waals surface area contributed by atoms with Crippen LogP contribution in [-0.2, 0) is 19.5 Å². The molecular formula is C45H50N4O7Si. The van der Waals surface area contributed by atoms with Crippen LogP contribution in [-0.4, -0.2) is 73.0 Å². The average Bonchev–Trinajstić information content (AvgIpc) is 3.79. The minimum absolute atomic E-state index is 0.00541. The van der Waals surface area contributed by atoms with Gasteiger partial charge in [0.05, 0.1) is 26.2 Å². The number of methoxy groups -OCH3 is 2. The number of amides is 1. The van der Waals surface area contributed by atoms with Crippen LogP contribution >= 0.6 is 0 Å². The third kappa shape index (κ3) is 7.83. The number of carbonyl (C=O) groups excluding carboxylic acids is 1. The van der Waals surface area contributed by atoms with Gasteiger partial charge in [-0.05, 0) is 77.3 Å². The summed E-state index contributed by atoms with van der Waals surface area (Å²) in [5.74, 6) is 1.50. The van der Waals surface area contributed by atoms with Gasteiger partial charge in [-0.3, -0.25) is 4.79 Å². The van der Waals surface area contributed by atoms with Crippen molar-refractivity contribution in [3.8, 4) is 11.5 Å². The Balaban J connectivity index is 1.28. The van der Waals surface area contributed by atoms with Gasteiger partial charge in [-0.2, -0.15) is 0 Å². The molecule has 1 fully saturated rings. The van der Waals surface area contributed by atoms with Gasteiger partial charge in [-0.25, -0.2) is 9.97 Å². The van der Waals surface area contributed by atoms with Gasteiger partial charge < -0.3 is 38.4 Å². The summed E-state index contributed by atoms with van der Waals surface area (Å²) >= 11 is 0. The molecule has 296 valence electrons. The van der Waals surface area contributed by atoms with E-state index in [1.54, 1.807) is 26.4 Å². The van der Waals surface area contributed by atoms with Crippen molar-refractivity contribution in [1.29, 1.82) is 0 Å². The largest absolute Gasteiger partial charge is 0.497 e. The SMILES string of the molecule is COc1ccc(C(OC[C@H]2O[C@@H](n3ccc4c(NC(=O)c5ccccc5)ncnc43)[C@@H](O[Si](C)(C)C(C)(C)C)C2O)(c2ccccc2)c2ccc(OC)cc2)cc1. The topological polar surface area (TPSA) is 126 Å². The van der Waals surface area contributed by atoms with Crippen LogP contribution in [0.15, 0.2) is 128 Å². The van der Waals surface area contributed by atoms with Gasteiger partial charge >= 0.3 is 0 Å². The fourth-order valence-corrected chi connectivity index (χ4v) is 8.34. The maximum absolute atomic E-state index is 13.2. The van der Waals surface area contributed by atoms with Gasteiger partial charge in [0, 0.05) is 11.8 Å². The van der Waals surface area contributed by atoms with Crippen molar-refractivity contribution in [2.75, 3.05) is 26.1 Å². The molecule has 12 heteroatoms. The van der Waals surface area contributed by atoms with E-state index < -0.39 is 38.5 Å². The molecule has 0 aliphatic carbocycles. The van der Waals surface area contributed by atoms with E-state index in [1.807, 2.05) is 114 Å².